The first-order chi connectivity index (χ1) is 17.0. The van der Waals surface area contributed by atoms with E-state index in [0.717, 1.165) is 58.3 Å². The summed E-state index contributed by atoms with van der Waals surface area (Å²) in [6, 6.07) is 13.3. The molecule has 0 saturated carbocycles. The van der Waals surface area contributed by atoms with Crippen LogP contribution in [0.15, 0.2) is 52.4 Å². The predicted molar refractivity (Wildman–Crippen MR) is 144 cm³/mol. The molecule has 1 aliphatic carbocycles. The third-order valence-electron chi connectivity index (χ3n) is 6.26. The van der Waals surface area contributed by atoms with Gasteiger partial charge in [0.15, 0.2) is 5.16 Å². The maximum absolute atomic E-state index is 13.9. The van der Waals surface area contributed by atoms with Crippen molar-refractivity contribution < 1.29 is 9.53 Å². The molecule has 8 heteroatoms. The Kier molecular flexibility index (Phi) is 6.67. The summed E-state index contributed by atoms with van der Waals surface area (Å²) in [5.74, 6) is 0.527. The number of amides is 1. The topological polar surface area (TPSA) is 73.2 Å². The minimum absolute atomic E-state index is 0.0472. The van der Waals surface area contributed by atoms with Crippen LogP contribution in [0, 0.1) is 13.8 Å². The Balaban J connectivity index is 1.54. The molecule has 1 N–H and O–H groups in total. The first-order valence-corrected chi connectivity index (χ1v) is 13.5. The molecule has 2 aromatic heterocycles. The number of aryl methyl sites for hydroxylation is 4. The van der Waals surface area contributed by atoms with Crippen molar-refractivity contribution in [2.24, 2.45) is 0 Å². The highest BCUT2D eigenvalue weighted by molar-refractivity contribution is 7.99. The van der Waals surface area contributed by atoms with E-state index in [2.05, 4.69) is 11.4 Å². The number of carbonyl (C=O) groups is 1. The van der Waals surface area contributed by atoms with Gasteiger partial charge in [-0.2, -0.15) is 0 Å². The Hall–Kier alpha value is -3.10. The van der Waals surface area contributed by atoms with Crippen LogP contribution in [-0.2, 0) is 17.6 Å². The second-order valence-electron chi connectivity index (χ2n) is 8.75. The minimum atomic E-state index is -0.188. The van der Waals surface area contributed by atoms with Gasteiger partial charge in [-0.1, -0.05) is 41.6 Å². The largest absolute Gasteiger partial charge is 0.495 e. The van der Waals surface area contributed by atoms with E-state index in [1.807, 2.05) is 38.1 Å². The van der Waals surface area contributed by atoms with Crippen molar-refractivity contribution in [3.8, 4) is 11.4 Å². The molecule has 6 nitrogen and oxygen atoms in total. The van der Waals surface area contributed by atoms with Crippen molar-refractivity contribution in [2.45, 2.75) is 44.7 Å². The summed E-state index contributed by atoms with van der Waals surface area (Å²) in [6.45, 7) is 4.04. The Bertz CT molecular complexity index is 1490. The summed E-state index contributed by atoms with van der Waals surface area (Å²) >= 11 is 2.90. The molecular formula is C27H27N3O3S2. The SMILES string of the molecule is COc1ccccc1NC(=O)CSc1nc2sc3c(c2c(=O)n1-c1ccc(C)cc1C)CCCC3. The number of carbonyl (C=O) groups excluding carboxylic acids is 1. The number of anilines is 1. The molecule has 35 heavy (non-hydrogen) atoms. The van der Waals surface area contributed by atoms with Crippen LogP contribution in [0.5, 0.6) is 5.75 Å². The van der Waals surface area contributed by atoms with Crippen molar-refractivity contribution >= 4 is 44.9 Å². The summed E-state index contributed by atoms with van der Waals surface area (Å²) in [4.78, 5) is 33.7. The third kappa shape index (κ3) is 4.60. The number of thioether (sulfide) groups is 1. The summed E-state index contributed by atoms with van der Waals surface area (Å²) in [6.07, 6.45) is 4.17. The van der Waals surface area contributed by atoms with Crippen LogP contribution in [-0.4, -0.2) is 28.3 Å². The summed E-state index contributed by atoms with van der Waals surface area (Å²) in [5.41, 5.74) is 4.66. The zero-order valence-corrected chi connectivity index (χ0v) is 21.6. The lowest BCUT2D eigenvalue weighted by Gasteiger charge is -2.16. The molecule has 2 aromatic carbocycles. The number of hydrogen-bond donors (Lipinski definition) is 1. The van der Waals surface area contributed by atoms with E-state index in [1.54, 1.807) is 35.1 Å². The molecule has 0 saturated heterocycles. The number of nitrogens with zero attached hydrogens (tertiary/aromatic N) is 2. The molecule has 2 heterocycles. The first-order valence-electron chi connectivity index (χ1n) is 11.7. The summed E-state index contributed by atoms with van der Waals surface area (Å²) < 4.78 is 7.03. The van der Waals surface area contributed by atoms with Crippen LogP contribution in [0.4, 0.5) is 5.69 Å². The molecule has 0 fully saturated rings. The highest BCUT2D eigenvalue weighted by Crippen LogP contribution is 2.35. The number of rotatable bonds is 6. The van der Waals surface area contributed by atoms with Crippen LogP contribution in [0.3, 0.4) is 0 Å². The molecule has 0 aliphatic heterocycles. The van der Waals surface area contributed by atoms with Crippen molar-refractivity contribution in [2.75, 3.05) is 18.2 Å². The van der Waals surface area contributed by atoms with E-state index in [0.29, 0.717) is 16.6 Å². The van der Waals surface area contributed by atoms with E-state index in [4.69, 9.17) is 9.72 Å². The van der Waals surface area contributed by atoms with E-state index >= 15 is 0 Å². The number of aromatic nitrogens is 2. The highest BCUT2D eigenvalue weighted by Gasteiger charge is 2.24. The number of para-hydroxylation sites is 2. The van der Waals surface area contributed by atoms with Gasteiger partial charge in [-0.3, -0.25) is 14.2 Å². The number of benzene rings is 2. The van der Waals surface area contributed by atoms with Crippen LogP contribution in [0.1, 0.15) is 34.4 Å². The van der Waals surface area contributed by atoms with Gasteiger partial charge in [0.05, 0.1) is 29.6 Å². The van der Waals surface area contributed by atoms with E-state index in [9.17, 15) is 9.59 Å². The van der Waals surface area contributed by atoms with E-state index in [1.165, 1.54) is 16.6 Å². The predicted octanol–water partition coefficient (Wildman–Crippen LogP) is 5.68. The average Bonchev–Trinajstić information content (AvgIpc) is 3.22. The number of thiophene rings is 1. The molecule has 0 spiro atoms. The van der Waals surface area contributed by atoms with Crippen molar-refractivity contribution in [1.29, 1.82) is 0 Å². The van der Waals surface area contributed by atoms with Gasteiger partial charge in [0.25, 0.3) is 5.56 Å². The van der Waals surface area contributed by atoms with E-state index in [-0.39, 0.29) is 17.2 Å². The lowest BCUT2D eigenvalue weighted by atomic mass is 9.97. The van der Waals surface area contributed by atoms with Crippen LogP contribution < -0.4 is 15.6 Å². The van der Waals surface area contributed by atoms with Gasteiger partial charge in [0.1, 0.15) is 10.6 Å². The molecule has 0 bridgehead atoms. The third-order valence-corrected chi connectivity index (χ3v) is 8.39. The minimum Gasteiger partial charge on any atom is -0.495 e. The lowest BCUT2D eigenvalue weighted by molar-refractivity contribution is -0.113. The fourth-order valence-electron chi connectivity index (χ4n) is 4.62. The molecule has 1 amide bonds. The standard InChI is InChI=1S/C27H27N3O3S2/c1-16-12-13-20(17(2)14-16)30-26(32)24-18-8-4-7-11-22(18)35-25(24)29-27(30)34-15-23(31)28-19-9-5-6-10-21(19)33-3/h5-6,9-10,12-14H,4,7-8,11,15H2,1-3H3,(H,28,31). The normalized spacial score (nSPS) is 13.0. The number of methoxy groups -OCH3 is 1. The molecule has 180 valence electrons. The fraction of sp³-hybridized carbons (Fsp3) is 0.296. The van der Waals surface area contributed by atoms with Gasteiger partial charge in [-0.05, 0) is 68.9 Å². The Morgan fingerprint density at radius 3 is 2.77 bits per heavy atom. The zero-order chi connectivity index (χ0) is 24.5. The monoisotopic (exact) mass is 505 g/mol. The van der Waals surface area contributed by atoms with Gasteiger partial charge in [0, 0.05) is 4.88 Å². The highest BCUT2D eigenvalue weighted by atomic mass is 32.2. The zero-order valence-electron chi connectivity index (χ0n) is 20.0. The first kappa shape index (κ1) is 23.6. The summed E-state index contributed by atoms with van der Waals surface area (Å²) in [5, 5.41) is 4.18. The van der Waals surface area contributed by atoms with Gasteiger partial charge in [-0.15, -0.1) is 11.3 Å². The molecule has 0 atom stereocenters. The van der Waals surface area contributed by atoms with Gasteiger partial charge < -0.3 is 10.1 Å². The van der Waals surface area contributed by atoms with Gasteiger partial charge in [0.2, 0.25) is 5.91 Å². The Labute approximate surface area is 212 Å². The van der Waals surface area contributed by atoms with Gasteiger partial charge >= 0.3 is 0 Å². The quantitative estimate of drug-likeness (QED) is 0.270. The fourth-order valence-corrected chi connectivity index (χ4v) is 6.72. The van der Waals surface area contributed by atoms with Gasteiger partial charge in [-0.25, -0.2) is 4.98 Å². The van der Waals surface area contributed by atoms with Crippen molar-refractivity contribution in [3.05, 3.63) is 74.4 Å². The molecule has 4 aromatic rings. The number of fused-ring (bicyclic) bond motifs is 3. The van der Waals surface area contributed by atoms with Crippen LogP contribution in [0.25, 0.3) is 15.9 Å². The summed E-state index contributed by atoms with van der Waals surface area (Å²) in [7, 11) is 1.57. The van der Waals surface area contributed by atoms with Crippen LogP contribution in [0.2, 0.25) is 0 Å². The maximum Gasteiger partial charge on any atom is 0.267 e. The molecule has 0 radical (unpaired) electrons. The molecule has 5 rings (SSSR count). The van der Waals surface area contributed by atoms with Crippen LogP contribution >= 0.6 is 23.1 Å². The van der Waals surface area contributed by atoms with Crippen molar-refractivity contribution in [1.82, 2.24) is 9.55 Å². The molecular weight excluding hydrogens is 478 g/mol. The lowest BCUT2D eigenvalue weighted by Crippen LogP contribution is -2.24. The molecule has 0 unspecified atom stereocenters. The smallest absolute Gasteiger partial charge is 0.267 e. The number of hydrogen-bond acceptors (Lipinski definition) is 6. The molecule has 1 aliphatic rings. The average molecular weight is 506 g/mol. The number of nitrogens with one attached hydrogen (secondary N) is 1. The maximum atomic E-state index is 13.9. The second kappa shape index (κ2) is 9.87. The van der Waals surface area contributed by atoms with E-state index < -0.39 is 0 Å². The van der Waals surface area contributed by atoms with Crippen molar-refractivity contribution in [3.63, 3.8) is 0 Å². The Morgan fingerprint density at radius 1 is 1.17 bits per heavy atom. The number of ether oxygens (including phenoxy) is 1. The second-order valence-corrected chi connectivity index (χ2v) is 10.8. The Morgan fingerprint density at radius 2 is 1.97 bits per heavy atom.